The van der Waals surface area contributed by atoms with Gasteiger partial charge in [0.05, 0.1) is 5.69 Å². The van der Waals surface area contributed by atoms with E-state index in [1.165, 1.54) is 0 Å². The number of hydrogen-bond acceptors (Lipinski definition) is 7. The van der Waals surface area contributed by atoms with Gasteiger partial charge in [-0.25, -0.2) is 9.88 Å². The van der Waals surface area contributed by atoms with E-state index in [0.717, 1.165) is 10.5 Å². The van der Waals surface area contributed by atoms with Gasteiger partial charge < -0.3 is 10.3 Å². The van der Waals surface area contributed by atoms with Gasteiger partial charge in [0, 0.05) is 0 Å². The summed E-state index contributed by atoms with van der Waals surface area (Å²) in [6, 6.07) is 12.1. The van der Waals surface area contributed by atoms with Crippen molar-refractivity contribution in [2.45, 2.75) is 19.8 Å². The minimum Gasteiger partial charge on any atom is -0.439 e. The average molecular weight is 376 g/mol. The highest BCUT2D eigenvalue weighted by Crippen LogP contribution is 2.31. The quantitative estimate of drug-likeness (QED) is 0.316. The smallest absolute Gasteiger partial charge is 0.302 e. The Balaban J connectivity index is 1.83. The van der Waals surface area contributed by atoms with Gasteiger partial charge in [-0.05, 0) is 43.2 Å². The Hall–Kier alpha value is -3.81. The number of anilines is 1. The molecular formula is C20H16N4O4. The number of hydrazone groups is 1. The first-order valence-electron chi connectivity index (χ1n) is 8.55. The molecule has 2 N–H and O–H groups in total. The Bertz CT molecular complexity index is 1140. The fourth-order valence-corrected chi connectivity index (χ4v) is 3.24. The molecule has 1 aliphatic rings. The number of carbonyl (C=O) groups is 3. The summed E-state index contributed by atoms with van der Waals surface area (Å²) in [5.74, 6) is 1.35. The van der Waals surface area contributed by atoms with Crippen molar-refractivity contribution >= 4 is 40.1 Å². The molecule has 0 unspecified atom stereocenters. The summed E-state index contributed by atoms with van der Waals surface area (Å²) in [5, 5.41) is 3.52. The number of imide groups is 1. The second-order valence-corrected chi connectivity index (χ2v) is 6.57. The van der Waals surface area contributed by atoms with Crippen LogP contribution in [0.2, 0.25) is 0 Å². The highest BCUT2D eigenvalue weighted by molar-refractivity contribution is 6.67. The largest absolute Gasteiger partial charge is 0.439 e. The van der Waals surface area contributed by atoms with Crippen LogP contribution in [-0.2, 0) is 14.4 Å². The Labute approximate surface area is 159 Å². The number of amides is 2. The number of para-hydroxylation sites is 2. The minimum atomic E-state index is -1.38. The van der Waals surface area contributed by atoms with E-state index in [1.54, 1.807) is 43.3 Å². The Morgan fingerprint density at radius 1 is 1.07 bits per heavy atom. The number of aromatic nitrogens is 1. The zero-order valence-corrected chi connectivity index (χ0v) is 15.2. The van der Waals surface area contributed by atoms with E-state index >= 15 is 0 Å². The minimum absolute atomic E-state index is 0.0854. The van der Waals surface area contributed by atoms with E-state index in [4.69, 9.17) is 10.3 Å². The molecule has 0 saturated carbocycles. The third kappa shape index (κ3) is 2.58. The molecule has 2 heterocycles. The van der Waals surface area contributed by atoms with Crippen LogP contribution in [0, 0.1) is 13.8 Å². The summed E-state index contributed by atoms with van der Waals surface area (Å²) >= 11 is 0. The third-order valence-electron chi connectivity index (χ3n) is 4.67. The molecule has 3 aromatic rings. The molecule has 0 spiro atoms. The van der Waals surface area contributed by atoms with E-state index in [9.17, 15) is 14.4 Å². The predicted molar refractivity (Wildman–Crippen MR) is 102 cm³/mol. The lowest BCUT2D eigenvalue weighted by Gasteiger charge is -2.29. The number of piperidine rings is 1. The molecule has 8 nitrogen and oxygen atoms in total. The summed E-state index contributed by atoms with van der Waals surface area (Å²) < 4.78 is 5.60. The Kier molecular flexibility index (Phi) is 4.03. The van der Waals surface area contributed by atoms with Crippen molar-refractivity contribution in [1.29, 1.82) is 0 Å². The maximum atomic E-state index is 13.0. The predicted octanol–water partition coefficient (Wildman–Crippen LogP) is 1.99. The van der Waals surface area contributed by atoms with Gasteiger partial charge in [-0.1, -0.05) is 24.3 Å². The average Bonchev–Trinajstić information content (AvgIpc) is 3.10. The van der Waals surface area contributed by atoms with Crippen LogP contribution in [-0.4, -0.2) is 28.3 Å². The molecule has 0 radical (unpaired) electrons. The molecule has 1 aliphatic heterocycles. The van der Waals surface area contributed by atoms with Gasteiger partial charge >= 0.3 is 5.91 Å². The summed E-state index contributed by atoms with van der Waals surface area (Å²) in [6.45, 7) is 3.56. The SMILES string of the molecule is Cc1ccc(C)c(N2C(=O)C(=O)[C@H](c3nc4ccccc4o3)/C(=N/N)C2=O)c1. The molecule has 28 heavy (non-hydrogen) atoms. The van der Waals surface area contributed by atoms with Crippen LogP contribution >= 0.6 is 0 Å². The maximum absolute atomic E-state index is 13.0. The molecular weight excluding hydrogens is 360 g/mol. The highest BCUT2D eigenvalue weighted by Gasteiger charge is 2.49. The van der Waals surface area contributed by atoms with Gasteiger partial charge in [0.25, 0.3) is 5.91 Å². The van der Waals surface area contributed by atoms with Crippen molar-refractivity contribution in [2.75, 3.05) is 4.90 Å². The summed E-state index contributed by atoms with van der Waals surface area (Å²) in [7, 11) is 0. The van der Waals surface area contributed by atoms with Crippen LogP contribution in [0.15, 0.2) is 52.0 Å². The number of fused-ring (bicyclic) bond motifs is 1. The van der Waals surface area contributed by atoms with Gasteiger partial charge in [-0.3, -0.25) is 14.4 Å². The lowest BCUT2D eigenvalue weighted by Crippen LogP contribution is -2.55. The standard InChI is InChI=1S/C20H16N4O4/c1-10-7-8-11(2)13(9-10)24-19(26)16(23-21)15(17(25)20(24)27)18-22-12-5-3-4-6-14(12)28-18/h3-9,15H,21H2,1-2H3/b23-16-/t15-/m1/s1. The second-order valence-electron chi connectivity index (χ2n) is 6.57. The number of benzene rings is 2. The summed E-state index contributed by atoms with van der Waals surface area (Å²) in [5.41, 5.74) is 2.45. The van der Waals surface area contributed by atoms with Crippen LogP contribution < -0.4 is 10.7 Å². The Morgan fingerprint density at radius 2 is 1.82 bits per heavy atom. The zero-order chi connectivity index (χ0) is 20.0. The molecule has 0 bridgehead atoms. The number of oxazole rings is 1. The van der Waals surface area contributed by atoms with Crippen molar-refractivity contribution in [3.05, 3.63) is 59.5 Å². The van der Waals surface area contributed by atoms with Gasteiger partial charge in [-0.15, -0.1) is 0 Å². The molecule has 0 aliphatic carbocycles. The molecule has 4 rings (SSSR count). The van der Waals surface area contributed by atoms with Crippen molar-refractivity contribution in [2.24, 2.45) is 10.9 Å². The lowest BCUT2D eigenvalue weighted by molar-refractivity contribution is -0.139. The Morgan fingerprint density at radius 3 is 2.54 bits per heavy atom. The van der Waals surface area contributed by atoms with Crippen molar-refractivity contribution in [3.8, 4) is 0 Å². The van der Waals surface area contributed by atoms with Crippen molar-refractivity contribution in [3.63, 3.8) is 0 Å². The van der Waals surface area contributed by atoms with E-state index in [2.05, 4.69) is 10.1 Å². The zero-order valence-electron chi connectivity index (χ0n) is 15.2. The lowest BCUT2D eigenvalue weighted by atomic mass is 9.91. The number of carbonyl (C=O) groups excluding carboxylic acids is 3. The fraction of sp³-hybridized carbons (Fsp3) is 0.150. The molecule has 1 aromatic heterocycles. The molecule has 2 amide bonds. The van der Waals surface area contributed by atoms with Crippen LogP contribution in [0.25, 0.3) is 11.1 Å². The van der Waals surface area contributed by atoms with Crippen LogP contribution in [0.5, 0.6) is 0 Å². The van der Waals surface area contributed by atoms with Gasteiger partial charge in [0.1, 0.15) is 11.2 Å². The van der Waals surface area contributed by atoms with E-state index in [1.807, 2.05) is 13.0 Å². The second kappa shape index (κ2) is 6.41. The third-order valence-corrected chi connectivity index (χ3v) is 4.67. The van der Waals surface area contributed by atoms with Crippen LogP contribution in [0.1, 0.15) is 22.9 Å². The van der Waals surface area contributed by atoms with E-state index in [-0.39, 0.29) is 11.6 Å². The number of nitrogens with zero attached hydrogens (tertiary/aromatic N) is 3. The van der Waals surface area contributed by atoms with Crippen molar-refractivity contribution in [1.82, 2.24) is 4.98 Å². The van der Waals surface area contributed by atoms with E-state index in [0.29, 0.717) is 22.4 Å². The molecule has 8 heteroatoms. The number of rotatable bonds is 2. The number of Topliss-reactive ketones (excluding diaryl/α,β-unsaturated/α-hetero) is 1. The highest BCUT2D eigenvalue weighted by atomic mass is 16.3. The first-order valence-corrected chi connectivity index (χ1v) is 8.55. The van der Waals surface area contributed by atoms with Crippen molar-refractivity contribution < 1.29 is 18.8 Å². The van der Waals surface area contributed by atoms with E-state index < -0.39 is 23.5 Å². The maximum Gasteiger partial charge on any atom is 0.302 e. The molecule has 1 fully saturated rings. The molecule has 140 valence electrons. The van der Waals surface area contributed by atoms with Gasteiger partial charge in [-0.2, -0.15) is 5.10 Å². The molecule has 1 atom stereocenters. The normalized spacial score (nSPS) is 19.1. The number of nitrogens with two attached hydrogens (primary N) is 1. The van der Waals surface area contributed by atoms with Gasteiger partial charge in [0.2, 0.25) is 11.7 Å². The number of ketones is 1. The number of aryl methyl sites for hydroxylation is 2. The van der Waals surface area contributed by atoms with Crippen LogP contribution in [0.3, 0.4) is 0 Å². The summed E-state index contributed by atoms with van der Waals surface area (Å²) in [4.78, 5) is 43.9. The fourth-order valence-electron chi connectivity index (χ4n) is 3.24. The molecule has 2 aromatic carbocycles. The topological polar surface area (TPSA) is 119 Å². The molecule has 1 saturated heterocycles. The number of hydrogen-bond donors (Lipinski definition) is 1. The monoisotopic (exact) mass is 376 g/mol. The van der Waals surface area contributed by atoms with Crippen LogP contribution in [0.4, 0.5) is 5.69 Å². The first-order chi connectivity index (χ1) is 13.4. The van der Waals surface area contributed by atoms with Gasteiger partial charge in [0.15, 0.2) is 11.5 Å². The summed E-state index contributed by atoms with van der Waals surface area (Å²) in [6.07, 6.45) is 0. The first kappa shape index (κ1) is 17.6.